The van der Waals surface area contributed by atoms with Crippen LogP contribution in [0.3, 0.4) is 0 Å². The molecule has 0 spiro atoms. The van der Waals surface area contributed by atoms with E-state index in [1.165, 1.54) is 61.6 Å². The molecule has 0 radical (unpaired) electrons. The lowest BCUT2D eigenvalue weighted by molar-refractivity contribution is 0.810. The summed E-state index contributed by atoms with van der Waals surface area (Å²) in [5.41, 5.74) is 22.7. The molecule has 68 heavy (non-hydrogen) atoms. The SMILES string of the molecule is Cc1ccc(N(c2ccc(C)cc2)c2ccc(/C=C/c3ccc(N(c4ccc(C)cc4)c4ccc(/C=C/C5C=C(N(c6ccc(C)c(C)c6)c6ccc(C)c(C)c6)C=CC5)cc4)cc3)cc2)cc1. The summed E-state index contributed by atoms with van der Waals surface area (Å²) in [6.45, 7) is 15.1. The Balaban J connectivity index is 0.922. The predicted molar refractivity (Wildman–Crippen MR) is 294 cm³/mol. The van der Waals surface area contributed by atoms with Crippen molar-refractivity contribution in [2.24, 2.45) is 5.92 Å². The molecule has 0 bridgehead atoms. The van der Waals surface area contributed by atoms with Crippen LogP contribution in [0.25, 0.3) is 18.2 Å². The second kappa shape index (κ2) is 20.3. The van der Waals surface area contributed by atoms with E-state index in [1.54, 1.807) is 0 Å². The van der Waals surface area contributed by atoms with E-state index in [1.807, 2.05) is 0 Å². The highest BCUT2D eigenvalue weighted by Crippen LogP contribution is 2.38. The van der Waals surface area contributed by atoms with Crippen molar-refractivity contribution in [2.45, 2.75) is 54.9 Å². The predicted octanol–water partition coefficient (Wildman–Crippen LogP) is 18.3. The first-order valence-electron chi connectivity index (χ1n) is 23.8. The van der Waals surface area contributed by atoms with Crippen molar-refractivity contribution < 1.29 is 0 Å². The number of anilines is 8. The van der Waals surface area contributed by atoms with Crippen LogP contribution >= 0.6 is 0 Å². The first kappa shape index (κ1) is 45.3. The maximum absolute atomic E-state index is 2.41. The van der Waals surface area contributed by atoms with Crippen molar-refractivity contribution in [3.63, 3.8) is 0 Å². The summed E-state index contributed by atoms with van der Waals surface area (Å²) < 4.78 is 0. The molecule has 1 aliphatic carbocycles. The van der Waals surface area contributed by atoms with E-state index in [0.717, 1.165) is 51.7 Å². The molecule has 0 saturated carbocycles. The van der Waals surface area contributed by atoms with Crippen LogP contribution in [0.15, 0.2) is 212 Å². The lowest BCUT2D eigenvalue weighted by Gasteiger charge is -2.30. The van der Waals surface area contributed by atoms with Crippen molar-refractivity contribution >= 4 is 63.7 Å². The summed E-state index contributed by atoms with van der Waals surface area (Å²) in [5.74, 6) is 0.268. The summed E-state index contributed by atoms with van der Waals surface area (Å²) in [5, 5.41) is 0. The van der Waals surface area contributed by atoms with Gasteiger partial charge in [-0.05, 0) is 197 Å². The van der Waals surface area contributed by atoms with Gasteiger partial charge in [0.1, 0.15) is 0 Å². The summed E-state index contributed by atoms with van der Waals surface area (Å²) >= 11 is 0. The topological polar surface area (TPSA) is 9.72 Å². The molecule has 0 N–H and O–H groups in total. The molecule has 1 unspecified atom stereocenters. The van der Waals surface area contributed by atoms with Gasteiger partial charge in [0.15, 0.2) is 0 Å². The number of aryl methyl sites for hydroxylation is 7. The maximum atomic E-state index is 2.41. The van der Waals surface area contributed by atoms with Crippen LogP contribution in [-0.4, -0.2) is 0 Å². The summed E-state index contributed by atoms with van der Waals surface area (Å²) in [6, 6.07) is 66.4. The van der Waals surface area contributed by atoms with Gasteiger partial charge in [0.2, 0.25) is 0 Å². The minimum absolute atomic E-state index is 0.268. The second-order valence-electron chi connectivity index (χ2n) is 18.4. The van der Waals surface area contributed by atoms with Gasteiger partial charge in [-0.1, -0.05) is 138 Å². The minimum atomic E-state index is 0.268. The van der Waals surface area contributed by atoms with E-state index in [9.17, 15) is 0 Å². The number of nitrogens with zero attached hydrogens (tertiary/aromatic N) is 3. The summed E-state index contributed by atoms with van der Waals surface area (Å²) in [6.07, 6.45) is 17.0. The number of benzene rings is 8. The molecule has 9 rings (SSSR count). The molecule has 3 heteroatoms. The lowest BCUT2D eigenvalue weighted by Crippen LogP contribution is -2.18. The van der Waals surface area contributed by atoms with E-state index in [-0.39, 0.29) is 5.92 Å². The van der Waals surface area contributed by atoms with Crippen LogP contribution in [0.4, 0.5) is 45.5 Å². The van der Waals surface area contributed by atoms with Gasteiger partial charge in [-0.15, -0.1) is 0 Å². The van der Waals surface area contributed by atoms with Gasteiger partial charge < -0.3 is 14.7 Å². The smallest absolute Gasteiger partial charge is 0.0464 e. The lowest BCUT2D eigenvalue weighted by atomic mass is 9.96. The van der Waals surface area contributed by atoms with Crippen molar-refractivity contribution in [1.29, 1.82) is 0 Å². The van der Waals surface area contributed by atoms with Gasteiger partial charge >= 0.3 is 0 Å². The highest BCUT2D eigenvalue weighted by molar-refractivity contribution is 5.81. The van der Waals surface area contributed by atoms with Gasteiger partial charge in [-0.25, -0.2) is 0 Å². The average Bonchev–Trinajstić information content (AvgIpc) is 3.36. The fourth-order valence-corrected chi connectivity index (χ4v) is 8.76. The molecule has 8 aromatic carbocycles. The number of hydrogen-bond acceptors (Lipinski definition) is 3. The maximum Gasteiger partial charge on any atom is 0.0464 e. The van der Waals surface area contributed by atoms with Crippen LogP contribution in [0.5, 0.6) is 0 Å². The van der Waals surface area contributed by atoms with Gasteiger partial charge in [-0.2, -0.15) is 0 Å². The molecule has 0 aliphatic heterocycles. The van der Waals surface area contributed by atoms with Gasteiger partial charge in [0.05, 0.1) is 0 Å². The Morgan fingerprint density at radius 1 is 0.338 bits per heavy atom. The molecule has 0 aromatic heterocycles. The van der Waals surface area contributed by atoms with Gasteiger partial charge in [-0.3, -0.25) is 0 Å². The van der Waals surface area contributed by atoms with Crippen LogP contribution in [0.1, 0.15) is 62.1 Å². The molecule has 0 fully saturated rings. The Labute approximate surface area is 405 Å². The Bertz CT molecular complexity index is 3020. The molecule has 1 atom stereocenters. The molecule has 3 nitrogen and oxygen atoms in total. The third kappa shape index (κ3) is 10.5. The molecule has 8 aromatic rings. The molecule has 0 amide bonds. The van der Waals surface area contributed by atoms with E-state index in [2.05, 4.69) is 288 Å². The second-order valence-corrected chi connectivity index (χ2v) is 18.4. The first-order valence-corrected chi connectivity index (χ1v) is 23.8. The zero-order valence-corrected chi connectivity index (χ0v) is 40.5. The molecular formula is C65H61N3. The number of allylic oxidation sites excluding steroid dienone is 4. The Kier molecular flexibility index (Phi) is 13.5. The Morgan fingerprint density at radius 2 is 0.662 bits per heavy atom. The average molecular weight is 884 g/mol. The van der Waals surface area contributed by atoms with E-state index < -0.39 is 0 Å². The normalized spacial score (nSPS) is 13.5. The Morgan fingerprint density at radius 3 is 1.01 bits per heavy atom. The van der Waals surface area contributed by atoms with Crippen LogP contribution < -0.4 is 14.7 Å². The van der Waals surface area contributed by atoms with Crippen LogP contribution in [0, 0.1) is 54.4 Å². The minimum Gasteiger partial charge on any atom is -0.311 e. The fraction of sp³-hybridized carbons (Fsp3) is 0.138. The van der Waals surface area contributed by atoms with Crippen LogP contribution in [-0.2, 0) is 0 Å². The highest BCUT2D eigenvalue weighted by atomic mass is 15.2. The van der Waals surface area contributed by atoms with Crippen molar-refractivity contribution in [3.05, 3.63) is 268 Å². The van der Waals surface area contributed by atoms with E-state index in [0.29, 0.717) is 0 Å². The van der Waals surface area contributed by atoms with E-state index >= 15 is 0 Å². The molecule has 0 heterocycles. The van der Waals surface area contributed by atoms with Crippen molar-refractivity contribution in [2.75, 3.05) is 14.7 Å². The zero-order valence-electron chi connectivity index (χ0n) is 40.5. The van der Waals surface area contributed by atoms with Crippen LogP contribution in [0.2, 0.25) is 0 Å². The molecule has 336 valence electrons. The summed E-state index contributed by atoms with van der Waals surface area (Å²) in [4.78, 5) is 7.05. The molecule has 0 saturated heterocycles. The largest absolute Gasteiger partial charge is 0.311 e. The fourth-order valence-electron chi connectivity index (χ4n) is 8.76. The monoisotopic (exact) mass is 883 g/mol. The Hall–Kier alpha value is -7.88. The van der Waals surface area contributed by atoms with Gasteiger partial charge in [0, 0.05) is 57.1 Å². The third-order valence-corrected chi connectivity index (χ3v) is 13.2. The van der Waals surface area contributed by atoms with Crippen molar-refractivity contribution in [3.8, 4) is 0 Å². The number of hydrogen-bond donors (Lipinski definition) is 0. The van der Waals surface area contributed by atoms with Crippen molar-refractivity contribution in [1.82, 2.24) is 0 Å². The molecular weight excluding hydrogens is 823 g/mol. The quantitative estimate of drug-likeness (QED) is 0.107. The summed E-state index contributed by atoms with van der Waals surface area (Å²) in [7, 11) is 0. The van der Waals surface area contributed by atoms with Gasteiger partial charge in [0.25, 0.3) is 0 Å². The third-order valence-electron chi connectivity index (χ3n) is 13.2. The highest BCUT2D eigenvalue weighted by Gasteiger charge is 2.19. The number of rotatable bonds is 13. The standard InChI is InChI=1S/C65H61N3/c1-46-11-29-57(30-12-46)66(58-31-13-47(2)14-32-58)60-37-23-53(24-38-60)19-20-54-25-39-61(40-26-54)67(59-33-15-48(3)16-34-59)62-41-27-55(28-42-62)21-22-56-9-8-10-63(45-56)68(64-35-17-49(4)51(6)43-64)65-36-18-50(5)52(7)44-65/h8,10-45,56H,9H2,1-7H3/b20-19+,22-21+. The molecule has 1 aliphatic rings. The van der Waals surface area contributed by atoms with E-state index in [4.69, 9.17) is 0 Å². The zero-order chi connectivity index (χ0) is 47.1. The first-order chi connectivity index (χ1) is 33.0.